The predicted molar refractivity (Wildman–Crippen MR) is 54.0 cm³/mol. The number of para-hydroxylation sites is 1. The van der Waals surface area contributed by atoms with Crippen molar-refractivity contribution in [2.45, 2.75) is 26.3 Å². The van der Waals surface area contributed by atoms with Crippen molar-refractivity contribution in [1.82, 2.24) is 0 Å². The normalized spacial score (nSPS) is 11.3. The average Bonchev–Trinajstić information content (AvgIpc) is 2.03. The van der Waals surface area contributed by atoms with Gasteiger partial charge in [0.15, 0.2) is 0 Å². The van der Waals surface area contributed by atoms with Gasteiger partial charge in [0.05, 0.1) is 0 Å². The van der Waals surface area contributed by atoms with Crippen LogP contribution in [0.4, 0.5) is 5.69 Å². The SMILES string of the molecule is [CH2]N(c1ccccc1)C(C)(C)C. The molecule has 1 aromatic rings. The number of benzene rings is 1. The Labute approximate surface area is 75.0 Å². The van der Waals surface area contributed by atoms with Crippen molar-refractivity contribution in [1.29, 1.82) is 0 Å². The van der Waals surface area contributed by atoms with Crippen LogP contribution in [0.2, 0.25) is 0 Å². The van der Waals surface area contributed by atoms with E-state index in [1.54, 1.807) is 0 Å². The second-order valence-corrected chi connectivity index (χ2v) is 3.93. The molecule has 0 aliphatic heterocycles. The van der Waals surface area contributed by atoms with Crippen LogP contribution in [0.25, 0.3) is 0 Å². The lowest BCUT2D eigenvalue weighted by Crippen LogP contribution is -2.36. The van der Waals surface area contributed by atoms with Crippen LogP contribution < -0.4 is 4.90 Å². The topological polar surface area (TPSA) is 3.24 Å². The van der Waals surface area contributed by atoms with E-state index in [1.165, 1.54) is 0 Å². The lowest BCUT2D eigenvalue weighted by Gasteiger charge is -2.33. The first-order valence-corrected chi connectivity index (χ1v) is 4.17. The van der Waals surface area contributed by atoms with Gasteiger partial charge < -0.3 is 4.90 Å². The number of hydrogen-bond acceptors (Lipinski definition) is 1. The Balaban J connectivity index is 2.86. The van der Waals surface area contributed by atoms with E-state index < -0.39 is 0 Å². The Bertz CT molecular complexity index is 233. The molecule has 1 radical (unpaired) electrons. The third kappa shape index (κ3) is 2.00. The van der Waals surface area contributed by atoms with Crippen LogP contribution in [-0.4, -0.2) is 5.54 Å². The molecule has 0 aromatic heterocycles. The lowest BCUT2D eigenvalue weighted by molar-refractivity contribution is 0.554. The molecule has 65 valence electrons. The summed E-state index contributed by atoms with van der Waals surface area (Å²) in [5.74, 6) is 0. The number of hydrogen-bond donors (Lipinski definition) is 0. The first kappa shape index (κ1) is 9.11. The van der Waals surface area contributed by atoms with E-state index in [4.69, 9.17) is 0 Å². The van der Waals surface area contributed by atoms with Crippen LogP contribution in [0.1, 0.15) is 20.8 Å². The summed E-state index contributed by atoms with van der Waals surface area (Å²) in [6.45, 7) is 6.44. The van der Waals surface area contributed by atoms with Crippen molar-refractivity contribution in [2.24, 2.45) is 0 Å². The maximum atomic E-state index is 4.01. The van der Waals surface area contributed by atoms with Gasteiger partial charge >= 0.3 is 0 Å². The van der Waals surface area contributed by atoms with Crippen LogP contribution in [0, 0.1) is 7.05 Å². The Hall–Kier alpha value is -0.980. The van der Waals surface area contributed by atoms with E-state index in [0.717, 1.165) is 5.69 Å². The maximum Gasteiger partial charge on any atom is 0.0371 e. The molecule has 0 aliphatic rings. The van der Waals surface area contributed by atoms with Gasteiger partial charge in [0, 0.05) is 18.3 Å². The molecule has 0 N–H and O–H groups in total. The molecular formula is C11H16N. The number of anilines is 1. The maximum absolute atomic E-state index is 4.01. The molecule has 0 saturated heterocycles. The minimum absolute atomic E-state index is 0.0847. The molecular weight excluding hydrogens is 146 g/mol. The molecule has 0 unspecified atom stereocenters. The zero-order valence-corrected chi connectivity index (χ0v) is 8.04. The molecule has 1 nitrogen and oxygen atoms in total. The Morgan fingerprint density at radius 2 is 1.58 bits per heavy atom. The van der Waals surface area contributed by atoms with Gasteiger partial charge in [-0.25, -0.2) is 0 Å². The quantitative estimate of drug-likeness (QED) is 0.613. The molecule has 0 amide bonds. The van der Waals surface area contributed by atoms with Crippen LogP contribution in [0.15, 0.2) is 30.3 Å². The van der Waals surface area contributed by atoms with Gasteiger partial charge in [0.25, 0.3) is 0 Å². The summed E-state index contributed by atoms with van der Waals surface area (Å²) < 4.78 is 0. The molecule has 0 heterocycles. The van der Waals surface area contributed by atoms with E-state index in [2.05, 4.69) is 40.0 Å². The van der Waals surface area contributed by atoms with Gasteiger partial charge in [0.1, 0.15) is 0 Å². The average molecular weight is 162 g/mol. The third-order valence-corrected chi connectivity index (χ3v) is 1.88. The van der Waals surface area contributed by atoms with Crippen molar-refractivity contribution in [3.05, 3.63) is 37.4 Å². The molecule has 0 atom stereocenters. The smallest absolute Gasteiger partial charge is 0.0371 e. The summed E-state index contributed by atoms with van der Waals surface area (Å²) in [6.07, 6.45) is 0. The van der Waals surface area contributed by atoms with Crippen molar-refractivity contribution >= 4 is 5.69 Å². The van der Waals surface area contributed by atoms with Gasteiger partial charge in [-0.05, 0) is 32.9 Å². The first-order valence-electron chi connectivity index (χ1n) is 4.17. The van der Waals surface area contributed by atoms with Gasteiger partial charge in [-0.2, -0.15) is 0 Å². The largest absolute Gasteiger partial charge is 0.365 e. The summed E-state index contributed by atoms with van der Waals surface area (Å²) in [5, 5.41) is 0. The Morgan fingerprint density at radius 1 is 1.08 bits per heavy atom. The summed E-state index contributed by atoms with van der Waals surface area (Å²) in [6, 6.07) is 10.2. The fourth-order valence-corrected chi connectivity index (χ4v) is 0.995. The summed E-state index contributed by atoms with van der Waals surface area (Å²) in [4.78, 5) is 2.02. The van der Waals surface area contributed by atoms with E-state index in [0.29, 0.717) is 0 Å². The highest BCUT2D eigenvalue weighted by Crippen LogP contribution is 2.21. The molecule has 0 bridgehead atoms. The molecule has 0 aliphatic carbocycles. The van der Waals surface area contributed by atoms with Crippen LogP contribution in [0.5, 0.6) is 0 Å². The van der Waals surface area contributed by atoms with Gasteiger partial charge in [-0.15, -0.1) is 0 Å². The second kappa shape index (κ2) is 3.18. The standard InChI is InChI=1S/C11H16N/c1-11(2,3)12(4)10-8-6-5-7-9-10/h5-9H,4H2,1-3H3. The van der Waals surface area contributed by atoms with E-state index in [-0.39, 0.29) is 5.54 Å². The van der Waals surface area contributed by atoms with Crippen molar-refractivity contribution in [3.8, 4) is 0 Å². The highest BCUT2D eigenvalue weighted by molar-refractivity contribution is 5.48. The molecule has 0 fully saturated rings. The van der Waals surface area contributed by atoms with Crippen molar-refractivity contribution < 1.29 is 0 Å². The van der Waals surface area contributed by atoms with Crippen molar-refractivity contribution in [2.75, 3.05) is 4.90 Å². The summed E-state index contributed by atoms with van der Waals surface area (Å²) in [5.41, 5.74) is 1.24. The van der Waals surface area contributed by atoms with E-state index in [1.807, 2.05) is 23.1 Å². The summed E-state index contributed by atoms with van der Waals surface area (Å²) in [7, 11) is 4.01. The highest BCUT2D eigenvalue weighted by Gasteiger charge is 2.16. The molecule has 0 saturated carbocycles. The monoisotopic (exact) mass is 162 g/mol. The lowest BCUT2D eigenvalue weighted by atomic mass is 10.1. The van der Waals surface area contributed by atoms with E-state index in [9.17, 15) is 0 Å². The fourth-order valence-electron chi connectivity index (χ4n) is 0.995. The van der Waals surface area contributed by atoms with Gasteiger partial charge in [-0.3, -0.25) is 0 Å². The van der Waals surface area contributed by atoms with Gasteiger partial charge in [0.2, 0.25) is 0 Å². The third-order valence-electron chi connectivity index (χ3n) is 1.88. The molecule has 1 aromatic carbocycles. The minimum Gasteiger partial charge on any atom is -0.365 e. The molecule has 1 rings (SSSR count). The number of rotatable bonds is 1. The minimum atomic E-state index is 0.0847. The van der Waals surface area contributed by atoms with Gasteiger partial charge in [-0.1, -0.05) is 18.2 Å². The number of nitrogens with zero attached hydrogens (tertiary/aromatic N) is 1. The highest BCUT2D eigenvalue weighted by atomic mass is 15.2. The van der Waals surface area contributed by atoms with Crippen LogP contribution in [-0.2, 0) is 0 Å². The van der Waals surface area contributed by atoms with Crippen molar-refractivity contribution in [3.63, 3.8) is 0 Å². The Morgan fingerprint density at radius 3 is 2.00 bits per heavy atom. The molecule has 1 heteroatoms. The first-order chi connectivity index (χ1) is 5.52. The molecule has 0 spiro atoms. The van der Waals surface area contributed by atoms with E-state index >= 15 is 0 Å². The zero-order valence-electron chi connectivity index (χ0n) is 8.04. The zero-order chi connectivity index (χ0) is 9.19. The fraction of sp³-hybridized carbons (Fsp3) is 0.364. The van der Waals surface area contributed by atoms with Crippen LogP contribution in [0.3, 0.4) is 0 Å². The predicted octanol–water partition coefficient (Wildman–Crippen LogP) is 3.08. The second-order valence-electron chi connectivity index (χ2n) is 3.93. The molecule has 12 heavy (non-hydrogen) atoms. The van der Waals surface area contributed by atoms with Crippen LogP contribution >= 0.6 is 0 Å². The Kier molecular flexibility index (Phi) is 2.41. The summed E-state index contributed by atoms with van der Waals surface area (Å²) >= 11 is 0.